The zero-order valence-electron chi connectivity index (χ0n) is 12.4. The number of nitrogens with one attached hydrogen (secondary N) is 2. The lowest BCUT2D eigenvalue weighted by atomic mass is 10.2. The summed E-state index contributed by atoms with van der Waals surface area (Å²) < 4.78 is 43.4. The molecule has 0 fully saturated rings. The fourth-order valence-electron chi connectivity index (χ4n) is 1.14. The predicted molar refractivity (Wildman–Crippen MR) is 64.7 cm³/mol. The highest BCUT2D eigenvalue weighted by Gasteiger charge is 2.05. The van der Waals surface area contributed by atoms with E-state index in [1.165, 1.54) is 0 Å². The van der Waals surface area contributed by atoms with Gasteiger partial charge in [-0.05, 0) is 19.4 Å². The Hall–Kier alpha value is -2.11. The van der Waals surface area contributed by atoms with Gasteiger partial charge in [0.25, 0.3) is 0 Å². The molecule has 1 aromatic carbocycles. The summed E-state index contributed by atoms with van der Waals surface area (Å²) in [5.41, 5.74) is 6.11. The van der Waals surface area contributed by atoms with Crippen LogP contribution in [-0.4, -0.2) is 18.8 Å². The highest BCUT2D eigenvalue weighted by Crippen LogP contribution is 2.04. The highest BCUT2D eigenvalue weighted by atomic mass is 35.7. The van der Waals surface area contributed by atoms with E-state index < -0.39 is 22.4 Å². The molecule has 0 aliphatic heterocycles. The fraction of sp³-hybridized carbons (Fsp3) is 0.333. The quantitative estimate of drug-likeness (QED) is 0.547. The number of carbonyl (C=O) groups is 2. The molecule has 0 saturated heterocycles. The van der Waals surface area contributed by atoms with Gasteiger partial charge >= 0.3 is 12.2 Å². The first-order valence-corrected chi connectivity index (χ1v) is 7.38. The van der Waals surface area contributed by atoms with Crippen LogP contribution in [0.2, 0.25) is 0 Å². The van der Waals surface area contributed by atoms with Crippen LogP contribution >= 0.6 is 0 Å². The third-order valence-corrected chi connectivity index (χ3v) is 2.03. The Morgan fingerprint density at radius 3 is 1.87 bits per heavy atom. The number of ether oxygens (including phenoxy) is 2. The molecule has 0 aliphatic rings. The van der Waals surface area contributed by atoms with Crippen LogP contribution in [0.15, 0.2) is 24.3 Å². The third-order valence-electron chi connectivity index (χ3n) is 2.03. The number of hydrogen-bond acceptors (Lipinski definition) is 8. The maximum Gasteiger partial charge on any atom is 0.426 e. The van der Waals surface area contributed by atoms with Gasteiger partial charge in [0, 0.05) is 0 Å². The van der Waals surface area contributed by atoms with Crippen molar-refractivity contribution >= 4 is 12.2 Å². The SMILES string of the molecule is CCOC(=O)NNC(=O)OCc1ccc(C)cc1.[O-][Cl+3]([O-])([O-])[O-]. The van der Waals surface area contributed by atoms with Crippen LogP contribution in [-0.2, 0) is 16.1 Å². The number of hydrazine groups is 1. The second kappa shape index (κ2) is 10.6. The minimum atomic E-state index is -4.94. The van der Waals surface area contributed by atoms with Gasteiger partial charge in [0.15, 0.2) is 0 Å². The lowest BCUT2D eigenvalue weighted by molar-refractivity contribution is -2.00. The number of amides is 2. The summed E-state index contributed by atoms with van der Waals surface area (Å²) in [5, 5.41) is 0. The maximum absolute atomic E-state index is 11.2. The Balaban J connectivity index is 0.000000841. The molecule has 23 heavy (non-hydrogen) atoms. The normalized spacial score (nSPS) is 10.0. The molecule has 0 atom stereocenters. The average Bonchev–Trinajstić information content (AvgIpc) is 2.43. The number of carbonyl (C=O) groups excluding carboxylic acids is 2. The van der Waals surface area contributed by atoms with Crippen molar-refractivity contribution in [1.29, 1.82) is 0 Å². The van der Waals surface area contributed by atoms with E-state index in [0.29, 0.717) is 0 Å². The van der Waals surface area contributed by atoms with E-state index >= 15 is 0 Å². The second-order valence-electron chi connectivity index (χ2n) is 3.91. The van der Waals surface area contributed by atoms with Crippen molar-refractivity contribution < 1.29 is 47.9 Å². The van der Waals surface area contributed by atoms with Gasteiger partial charge in [-0.3, -0.25) is 0 Å². The summed E-state index contributed by atoms with van der Waals surface area (Å²) >= 11 is 0. The Morgan fingerprint density at radius 2 is 1.43 bits per heavy atom. The van der Waals surface area contributed by atoms with E-state index in [2.05, 4.69) is 10.2 Å². The standard InChI is InChI=1S/C12H16N2O4.ClHO4/c1-3-17-11(15)13-14-12(16)18-8-10-6-4-9(2)5-7-10;2-1(3,4)5/h4-7H,3,8H2,1-2H3,(H,13,15)(H,14,16);(H,2,3,4,5)/p-1. The summed E-state index contributed by atoms with van der Waals surface area (Å²) in [6.07, 6.45) is -1.48. The molecule has 1 aromatic rings. The number of rotatable bonds is 3. The summed E-state index contributed by atoms with van der Waals surface area (Å²) in [5.74, 6) is 0. The Bertz CT molecular complexity index is 483. The van der Waals surface area contributed by atoms with Gasteiger partial charge in [0.05, 0.1) is 6.61 Å². The number of halogens is 1. The van der Waals surface area contributed by atoms with Crippen molar-refractivity contribution in [3.05, 3.63) is 35.4 Å². The van der Waals surface area contributed by atoms with Gasteiger partial charge in [0.2, 0.25) is 0 Å². The minimum Gasteiger partial charge on any atom is -0.449 e. The summed E-state index contributed by atoms with van der Waals surface area (Å²) in [4.78, 5) is 22.0. The van der Waals surface area contributed by atoms with Gasteiger partial charge in [0.1, 0.15) is 6.61 Å². The summed E-state index contributed by atoms with van der Waals surface area (Å²) in [7, 11) is -4.94. The zero-order valence-corrected chi connectivity index (χ0v) is 13.1. The molecule has 10 nitrogen and oxygen atoms in total. The van der Waals surface area contributed by atoms with Crippen LogP contribution in [0, 0.1) is 17.2 Å². The lowest BCUT2D eigenvalue weighted by Crippen LogP contribution is -2.68. The van der Waals surface area contributed by atoms with Crippen LogP contribution in [0.4, 0.5) is 9.59 Å². The summed E-state index contributed by atoms with van der Waals surface area (Å²) in [6.45, 7) is 4.00. The summed E-state index contributed by atoms with van der Waals surface area (Å²) in [6, 6.07) is 7.57. The minimum absolute atomic E-state index is 0.136. The Morgan fingerprint density at radius 1 is 1.00 bits per heavy atom. The second-order valence-corrected chi connectivity index (χ2v) is 4.67. The van der Waals surface area contributed by atoms with Crippen molar-refractivity contribution in [3.8, 4) is 0 Å². The number of benzene rings is 1. The first-order valence-electron chi connectivity index (χ1n) is 6.14. The van der Waals surface area contributed by atoms with Gasteiger partial charge in [-0.1, -0.05) is 29.8 Å². The molecule has 0 unspecified atom stereocenters. The monoisotopic (exact) mass is 351 g/mol. The Labute approximate surface area is 134 Å². The fourth-order valence-corrected chi connectivity index (χ4v) is 1.14. The van der Waals surface area contributed by atoms with Gasteiger partial charge in [-0.2, -0.15) is 0 Å². The van der Waals surface area contributed by atoms with Crippen molar-refractivity contribution in [2.75, 3.05) is 6.61 Å². The Kier molecular flexibility index (Phi) is 9.62. The predicted octanol–water partition coefficient (Wildman–Crippen LogP) is -2.87. The smallest absolute Gasteiger partial charge is 0.426 e. The molecule has 0 radical (unpaired) electrons. The molecule has 1 rings (SSSR count). The van der Waals surface area contributed by atoms with Gasteiger partial charge < -0.3 is 9.47 Å². The molecule has 130 valence electrons. The first-order chi connectivity index (χ1) is 10.6. The zero-order chi connectivity index (χ0) is 17.9. The lowest BCUT2D eigenvalue weighted by Gasteiger charge is -2.17. The third kappa shape index (κ3) is 14.6. The largest absolute Gasteiger partial charge is 0.449 e. The molecule has 0 saturated carbocycles. The van der Waals surface area contributed by atoms with E-state index in [4.69, 9.17) is 23.4 Å². The van der Waals surface area contributed by atoms with Crippen LogP contribution in [0.5, 0.6) is 0 Å². The number of hydrogen-bond donors (Lipinski definition) is 2. The molecule has 0 spiro atoms. The van der Waals surface area contributed by atoms with Crippen LogP contribution in [0.1, 0.15) is 18.1 Å². The van der Waals surface area contributed by atoms with Gasteiger partial charge in [-0.25, -0.2) is 39.1 Å². The van der Waals surface area contributed by atoms with Crippen LogP contribution < -0.4 is 29.5 Å². The van der Waals surface area contributed by atoms with Crippen LogP contribution in [0.3, 0.4) is 0 Å². The molecule has 11 heteroatoms. The molecule has 0 aromatic heterocycles. The highest BCUT2D eigenvalue weighted by molar-refractivity contribution is 5.73. The topological polar surface area (TPSA) is 169 Å². The van der Waals surface area contributed by atoms with E-state index in [-0.39, 0.29) is 13.2 Å². The van der Waals surface area contributed by atoms with E-state index in [9.17, 15) is 9.59 Å². The first kappa shape index (κ1) is 20.9. The molecule has 0 bridgehead atoms. The van der Waals surface area contributed by atoms with Crippen LogP contribution in [0.25, 0.3) is 0 Å². The molecule has 2 N–H and O–H groups in total. The van der Waals surface area contributed by atoms with Crippen molar-refractivity contribution in [2.45, 2.75) is 20.5 Å². The van der Waals surface area contributed by atoms with Crippen molar-refractivity contribution in [1.82, 2.24) is 10.9 Å². The van der Waals surface area contributed by atoms with E-state index in [1.807, 2.05) is 36.6 Å². The maximum atomic E-state index is 11.2. The number of aryl methyl sites for hydroxylation is 1. The molecule has 0 aliphatic carbocycles. The van der Waals surface area contributed by atoms with E-state index in [1.54, 1.807) is 6.92 Å². The van der Waals surface area contributed by atoms with Gasteiger partial charge in [-0.15, -0.1) is 10.2 Å². The van der Waals surface area contributed by atoms with E-state index in [0.717, 1.165) is 11.1 Å². The molecular formula is C12H16ClN2O8-. The molecule has 2 amide bonds. The molecule has 0 heterocycles. The average molecular weight is 352 g/mol. The van der Waals surface area contributed by atoms with Crippen molar-refractivity contribution in [3.63, 3.8) is 0 Å². The van der Waals surface area contributed by atoms with Crippen molar-refractivity contribution in [2.24, 2.45) is 0 Å². The molecular weight excluding hydrogens is 336 g/mol.